The van der Waals surface area contributed by atoms with Crippen molar-refractivity contribution in [2.45, 2.75) is 50.1 Å². The van der Waals surface area contributed by atoms with Gasteiger partial charge in [-0.3, -0.25) is 4.79 Å². The molecule has 0 heterocycles. The third kappa shape index (κ3) is 2.27. The topological polar surface area (TPSA) is 55.1 Å². The normalized spacial score (nSPS) is 21.8. The highest BCUT2D eigenvalue weighted by molar-refractivity contribution is 5.94. The zero-order valence-corrected chi connectivity index (χ0v) is 10.6. The molecule has 1 aromatic rings. The summed E-state index contributed by atoms with van der Waals surface area (Å²) < 4.78 is 0. The Balaban J connectivity index is 1.66. The van der Waals surface area contributed by atoms with Gasteiger partial charge in [-0.25, -0.2) is 0 Å². The van der Waals surface area contributed by atoms with E-state index in [9.17, 15) is 4.79 Å². The van der Waals surface area contributed by atoms with E-state index in [1.54, 1.807) is 0 Å². The first-order valence-corrected chi connectivity index (χ1v) is 6.88. The van der Waals surface area contributed by atoms with E-state index >= 15 is 0 Å². The van der Waals surface area contributed by atoms with Crippen molar-refractivity contribution in [3.8, 4) is 0 Å². The number of hydrogen-bond donors (Lipinski definition) is 2. The van der Waals surface area contributed by atoms with Crippen molar-refractivity contribution in [1.29, 1.82) is 0 Å². The van der Waals surface area contributed by atoms with Gasteiger partial charge in [0.15, 0.2) is 0 Å². The van der Waals surface area contributed by atoms with Crippen molar-refractivity contribution in [1.82, 2.24) is 5.32 Å². The molecule has 0 aliphatic heterocycles. The van der Waals surface area contributed by atoms with Crippen LogP contribution in [0.2, 0.25) is 0 Å². The highest BCUT2D eigenvalue weighted by Gasteiger charge is 2.39. The second-order valence-electron chi connectivity index (χ2n) is 5.69. The Morgan fingerprint density at radius 2 is 1.78 bits per heavy atom. The highest BCUT2D eigenvalue weighted by atomic mass is 16.1. The lowest BCUT2D eigenvalue weighted by molar-refractivity contribution is 0.0938. The Morgan fingerprint density at radius 1 is 1.17 bits per heavy atom. The summed E-state index contributed by atoms with van der Waals surface area (Å²) in [6.45, 7) is 0. The van der Waals surface area contributed by atoms with Crippen molar-refractivity contribution in [2.24, 2.45) is 5.73 Å². The molecule has 3 heteroatoms. The first-order valence-electron chi connectivity index (χ1n) is 6.88. The molecule has 96 valence electrons. The molecule has 2 aliphatic carbocycles. The third-order valence-corrected chi connectivity index (χ3v) is 4.20. The maximum atomic E-state index is 12.0. The zero-order chi connectivity index (χ0) is 12.6. The van der Waals surface area contributed by atoms with E-state index in [2.05, 4.69) is 5.32 Å². The molecule has 0 aromatic heterocycles. The van der Waals surface area contributed by atoms with Crippen LogP contribution in [0, 0.1) is 0 Å². The van der Waals surface area contributed by atoms with Crippen LogP contribution in [0.15, 0.2) is 24.3 Å². The van der Waals surface area contributed by atoms with Crippen LogP contribution in [-0.2, 0) is 5.54 Å². The monoisotopic (exact) mass is 244 g/mol. The van der Waals surface area contributed by atoms with Gasteiger partial charge in [0.2, 0.25) is 0 Å². The molecule has 0 atom stereocenters. The third-order valence-electron chi connectivity index (χ3n) is 4.20. The molecule has 1 aromatic carbocycles. The quantitative estimate of drug-likeness (QED) is 0.857. The predicted octanol–water partition coefficient (Wildman–Crippen LogP) is 2.31. The number of nitrogens with two attached hydrogens (primary N) is 1. The number of carbonyl (C=O) groups is 1. The van der Waals surface area contributed by atoms with Gasteiger partial charge in [-0.05, 0) is 43.4 Å². The van der Waals surface area contributed by atoms with E-state index in [1.807, 2.05) is 24.3 Å². The summed E-state index contributed by atoms with van der Waals surface area (Å²) in [6.07, 6.45) is 6.83. The summed E-state index contributed by atoms with van der Waals surface area (Å²) in [6, 6.07) is 8.16. The second kappa shape index (κ2) is 4.39. The van der Waals surface area contributed by atoms with Gasteiger partial charge in [0, 0.05) is 17.1 Å². The molecular weight excluding hydrogens is 224 g/mol. The van der Waals surface area contributed by atoms with Crippen LogP contribution in [0.3, 0.4) is 0 Å². The number of carbonyl (C=O) groups excluding carboxylic acids is 1. The molecule has 3 nitrogen and oxygen atoms in total. The van der Waals surface area contributed by atoms with E-state index in [0.29, 0.717) is 6.04 Å². The minimum absolute atomic E-state index is 0.0512. The molecule has 0 bridgehead atoms. The summed E-state index contributed by atoms with van der Waals surface area (Å²) in [5.74, 6) is 0.0512. The smallest absolute Gasteiger partial charge is 0.251 e. The first-order chi connectivity index (χ1) is 8.67. The molecule has 1 amide bonds. The van der Waals surface area contributed by atoms with Crippen LogP contribution >= 0.6 is 0 Å². The van der Waals surface area contributed by atoms with E-state index in [4.69, 9.17) is 5.73 Å². The van der Waals surface area contributed by atoms with Crippen molar-refractivity contribution < 1.29 is 4.79 Å². The first kappa shape index (κ1) is 11.7. The fourth-order valence-corrected chi connectivity index (χ4v) is 2.72. The van der Waals surface area contributed by atoms with Crippen molar-refractivity contribution in [2.75, 3.05) is 0 Å². The van der Waals surface area contributed by atoms with Crippen LogP contribution in [-0.4, -0.2) is 11.9 Å². The minimum atomic E-state index is -0.111. The van der Waals surface area contributed by atoms with E-state index < -0.39 is 0 Å². The number of nitrogens with one attached hydrogen (secondary N) is 1. The number of hydrogen-bond acceptors (Lipinski definition) is 2. The van der Waals surface area contributed by atoms with Crippen LogP contribution in [0.5, 0.6) is 0 Å². The van der Waals surface area contributed by atoms with Gasteiger partial charge in [-0.2, -0.15) is 0 Å². The van der Waals surface area contributed by atoms with E-state index in [0.717, 1.165) is 36.8 Å². The average Bonchev–Trinajstić information content (AvgIpc) is 2.93. The fourth-order valence-electron chi connectivity index (χ4n) is 2.72. The molecule has 0 saturated heterocycles. The predicted molar refractivity (Wildman–Crippen MR) is 71.3 cm³/mol. The Hall–Kier alpha value is -1.35. The van der Waals surface area contributed by atoms with E-state index in [1.165, 1.54) is 12.8 Å². The van der Waals surface area contributed by atoms with Gasteiger partial charge in [0.05, 0.1) is 0 Å². The summed E-state index contributed by atoms with van der Waals surface area (Å²) in [5.41, 5.74) is 7.91. The summed E-state index contributed by atoms with van der Waals surface area (Å²) in [7, 11) is 0. The Bertz CT molecular complexity index is 442. The number of benzene rings is 1. The van der Waals surface area contributed by atoms with Gasteiger partial charge in [-0.15, -0.1) is 0 Å². The SMILES string of the molecule is NC1(c2ccc(C(=O)NC3CCCC3)cc2)CC1. The molecule has 2 fully saturated rings. The lowest BCUT2D eigenvalue weighted by Gasteiger charge is -2.13. The Morgan fingerprint density at radius 3 is 2.33 bits per heavy atom. The standard InChI is InChI=1S/C15H20N2O/c16-15(9-10-15)12-7-5-11(6-8-12)14(18)17-13-3-1-2-4-13/h5-8,13H,1-4,9-10,16H2,(H,17,18). The molecule has 0 radical (unpaired) electrons. The molecule has 2 saturated carbocycles. The molecule has 0 spiro atoms. The number of amides is 1. The summed E-state index contributed by atoms with van der Waals surface area (Å²) in [4.78, 5) is 12.0. The van der Waals surface area contributed by atoms with Gasteiger partial charge in [0.1, 0.15) is 0 Å². The van der Waals surface area contributed by atoms with Crippen LogP contribution in [0.25, 0.3) is 0 Å². The molecule has 3 rings (SSSR count). The largest absolute Gasteiger partial charge is 0.349 e. The fraction of sp³-hybridized carbons (Fsp3) is 0.533. The van der Waals surface area contributed by atoms with Crippen LogP contribution in [0.4, 0.5) is 0 Å². The lowest BCUT2D eigenvalue weighted by Crippen LogP contribution is -2.32. The molecular formula is C15H20N2O. The van der Waals surface area contributed by atoms with Crippen LogP contribution < -0.4 is 11.1 Å². The van der Waals surface area contributed by atoms with Gasteiger partial charge >= 0.3 is 0 Å². The molecule has 0 unspecified atom stereocenters. The molecule has 18 heavy (non-hydrogen) atoms. The number of rotatable bonds is 3. The Kier molecular flexibility index (Phi) is 2.86. The Labute approximate surface area is 108 Å². The average molecular weight is 244 g/mol. The second-order valence-corrected chi connectivity index (χ2v) is 5.69. The van der Waals surface area contributed by atoms with Gasteiger partial charge in [0.25, 0.3) is 5.91 Å². The van der Waals surface area contributed by atoms with E-state index in [-0.39, 0.29) is 11.4 Å². The zero-order valence-electron chi connectivity index (χ0n) is 10.6. The van der Waals surface area contributed by atoms with Gasteiger partial charge < -0.3 is 11.1 Å². The van der Waals surface area contributed by atoms with Crippen molar-refractivity contribution in [3.05, 3.63) is 35.4 Å². The highest BCUT2D eigenvalue weighted by Crippen LogP contribution is 2.42. The summed E-state index contributed by atoms with van der Waals surface area (Å²) in [5, 5.41) is 3.10. The maximum Gasteiger partial charge on any atom is 0.251 e. The van der Waals surface area contributed by atoms with Gasteiger partial charge in [-0.1, -0.05) is 25.0 Å². The van der Waals surface area contributed by atoms with Crippen molar-refractivity contribution >= 4 is 5.91 Å². The minimum Gasteiger partial charge on any atom is -0.349 e. The lowest BCUT2D eigenvalue weighted by atomic mass is 10.0. The molecule has 2 aliphatic rings. The summed E-state index contributed by atoms with van der Waals surface area (Å²) >= 11 is 0. The van der Waals surface area contributed by atoms with Crippen molar-refractivity contribution in [3.63, 3.8) is 0 Å². The molecule has 3 N–H and O–H groups in total. The maximum absolute atomic E-state index is 12.0. The van der Waals surface area contributed by atoms with Crippen LogP contribution in [0.1, 0.15) is 54.4 Å².